The SMILES string of the molecule is CCCC(=O)OC(=O)c1cccc(C(=O)Oc2cc(OC)cc(OC)c2)c1. The zero-order valence-electron chi connectivity index (χ0n) is 15.3. The Morgan fingerprint density at radius 2 is 1.37 bits per heavy atom. The lowest BCUT2D eigenvalue weighted by atomic mass is 10.1. The second-order valence-electron chi connectivity index (χ2n) is 5.53. The highest BCUT2D eigenvalue weighted by atomic mass is 16.6. The molecule has 2 aromatic carbocycles. The number of ether oxygens (including phenoxy) is 4. The van der Waals surface area contributed by atoms with Gasteiger partial charge in [-0.25, -0.2) is 9.59 Å². The highest BCUT2D eigenvalue weighted by molar-refractivity contribution is 5.99. The maximum Gasteiger partial charge on any atom is 0.345 e. The van der Waals surface area contributed by atoms with Gasteiger partial charge in [-0.3, -0.25) is 4.79 Å². The number of rotatable bonds is 7. The van der Waals surface area contributed by atoms with E-state index in [1.807, 2.05) is 0 Å². The lowest BCUT2D eigenvalue weighted by molar-refractivity contribution is -0.137. The van der Waals surface area contributed by atoms with Gasteiger partial charge in [0.1, 0.15) is 17.2 Å². The van der Waals surface area contributed by atoms with E-state index in [1.165, 1.54) is 50.6 Å². The molecule has 0 atom stereocenters. The molecule has 0 bridgehead atoms. The smallest absolute Gasteiger partial charge is 0.345 e. The average Bonchev–Trinajstić information content (AvgIpc) is 2.67. The number of hydrogen-bond donors (Lipinski definition) is 0. The molecule has 142 valence electrons. The zero-order chi connectivity index (χ0) is 19.8. The summed E-state index contributed by atoms with van der Waals surface area (Å²) in [7, 11) is 2.96. The van der Waals surface area contributed by atoms with Gasteiger partial charge in [0.15, 0.2) is 0 Å². The monoisotopic (exact) mass is 372 g/mol. The molecule has 2 rings (SSSR count). The molecule has 0 aliphatic rings. The normalized spacial score (nSPS) is 10.0. The molecule has 0 aliphatic heterocycles. The van der Waals surface area contributed by atoms with Crippen LogP contribution in [0.5, 0.6) is 17.2 Å². The summed E-state index contributed by atoms with van der Waals surface area (Å²) in [6.45, 7) is 1.80. The number of methoxy groups -OCH3 is 2. The number of esters is 3. The Hall–Kier alpha value is -3.35. The number of benzene rings is 2. The lowest BCUT2D eigenvalue weighted by Crippen LogP contribution is -2.14. The summed E-state index contributed by atoms with van der Waals surface area (Å²) in [6.07, 6.45) is 0.716. The first-order chi connectivity index (χ1) is 13.0. The Morgan fingerprint density at radius 1 is 0.815 bits per heavy atom. The molecular weight excluding hydrogens is 352 g/mol. The minimum absolute atomic E-state index is 0.0807. The van der Waals surface area contributed by atoms with E-state index in [0.29, 0.717) is 17.9 Å². The van der Waals surface area contributed by atoms with Crippen molar-refractivity contribution >= 4 is 17.9 Å². The summed E-state index contributed by atoms with van der Waals surface area (Å²) in [5.41, 5.74) is 0.214. The molecule has 0 fully saturated rings. The molecule has 27 heavy (non-hydrogen) atoms. The summed E-state index contributed by atoms with van der Waals surface area (Å²) < 4.78 is 20.3. The first-order valence-corrected chi connectivity index (χ1v) is 8.27. The van der Waals surface area contributed by atoms with Crippen molar-refractivity contribution in [2.45, 2.75) is 19.8 Å². The number of carbonyl (C=O) groups excluding carboxylic acids is 3. The van der Waals surface area contributed by atoms with Crippen LogP contribution in [-0.4, -0.2) is 32.1 Å². The zero-order valence-corrected chi connectivity index (χ0v) is 15.3. The predicted molar refractivity (Wildman–Crippen MR) is 96.3 cm³/mol. The Morgan fingerprint density at radius 3 is 1.93 bits per heavy atom. The summed E-state index contributed by atoms with van der Waals surface area (Å²) in [6, 6.07) is 10.5. The average molecular weight is 372 g/mol. The van der Waals surface area contributed by atoms with Crippen molar-refractivity contribution in [2.75, 3.05) is 14.2 Å². The first-order valence-electron chi connectivity index (χ1n) is 8.27. The van der Waals surface area contributed by atoms with E-state index < -0.39 is 17.9 Å². The van der Waals surface area contributed by atoms with Crippen molar-refractivity contribution in [2.24, 2.45) is 0 Å². The molecule has 7 heteroatoms. The minimum Gasteiger partial charge on any atom is -0.496 e. The second-order valence-corrected chi connectivity index (χ2v) is 5.53. The predicted octanol–water partition coefficient (Wildman–Crippen LogP) is 3.41. The summed E-state index contributed by atoms with van der Waals surface area (Å²) in [5, 5.41) is 0. The fourth-order valence-corrected chi connectivity index (χ4v) is 2.20. The van der Waals surface area contributed by atoms with E-state index in [9.17, 15) is 14.4 Å². The van der Waals surface area contributed by atoms with Crippen molar-refractivity contribution < 1.29 is 33.3 Å². The molecule has 0 heterocycles. The van der Waals surface area contributed by atoms with Crippen molar-refractivity contribution in [1.29, 1.82) is 0 Å². The van der Waals surface area contributed by atoms with Crippen LogP contribution in [0, 0.1) is 0 Å². The van der Waals surface area contributed by atoms with Crippen LogP contribution in [0.3, 0.4) is 0 Å². The van der Waals surface area contributed by atoms with Gasteiger partial charge < -0.3 is 18.9 Å². The molecule has 0 aromatic heterocycles. The molecule has 7 nitrogen and oxygen atoms in total. The van der Waals surface area contributed by atoms with Crippen molar-refractivity contribution in [3.8, 4) is 17.2 Å². The summed E-state index contributed by atoms with van der Waals surface area (Å²) in [5.74, 6) is -0.958. The molecule has 0 saturated carbocycles. The largest absolute Gasteiger partial charge is 0.496 e. The van der Waals surface area contributed by atoms with Crippen LogP contribution >= 0.6 is 0 Å². The first kappa shape index (κ1) is 20.0. The molecule has 0 unspecified atom stereocenters. The van der Waals surface area contributed by atoms with Gasteiger partial charge in [-0.1, -0.05) is 13.0 Å². The number of hydrogen-bond acceptors (Lipinski definition) is 7. The van der Waals surface area contributed by atoms with Crippen molar-refractivity contribution in [3.05, 3.63) is 53.6 Å². The summed E-state index contributed by atoms with van der Waals surface area (Å²) in [4.78, 5) is 35.8. The Balaban J connectivity index is 2.15. The molecule has 0 aliphatic carbocycles. The number of carbonyl (C=O) groups is 3. The fraction of sp³-hybridized carbons (Fsp3) is 0.250. The Kier molecular flexibility index (Phi) is 6.93. The van der Waals surface area contributed by atoms with Gasteiger partial charge in [0.25, 0.3) is 0 Å². The molecule has 0 saturated heterocycles. The molecule has 0 amide bonds. The lowest BCUT2D eigenvalue weighted by Gasteiger charge is -2.09. The van der Waals surface area contributed by atoms with E-state index >= 15 is 0 Å². The van der Waals surface area contributed by atoms with Crippen LogP contribution in [0.1, 0.15) is 40.5 Å². The Bertz CT molecular complexity index is 820. The van der Waals surface area contributed by atoms with Crippen LogP contribution < -0.4 is 14.2 Å². The van der Waals surface area contributed by atoms with Crippen LogP contribution in [0.4, 0.5) is 0 Å². The molecule has 0 spiro atoms. The topological polar surface area (TPSA) is 88.1 Å². The van der Waals surface area contributed by atoms with E-state index in [1.54, 1.807) is 13.0 Å². The van der Waals surface area contributed by atoms with E-state index in [2.05, 4.69) is 0 Å². The van der Waals surface area contributed by atoms with Crippen LogP contribution in [0.2, 0.25) is 0 Å². The van der Waals surface area contributed by atoms with Gasteiger partial charge in [-0.15, -0.1) is 0 Å². The third kappa shape index (κ3) is 5.57. The van der Waals surface area contributed by atoms with E-state index in [4.69, 9.17) is 18.9 Å². The van der Waals surface area contributed by atoms with Gasteiger partial charge in [0.05, 0.1) is 25.3 Å². The van der Waals surface area contributed by atoms with Gasteiger partial charge in [-0.2, -0.15) is 0 Å². The maximum atomic E-state index is 12.4. The van der Waals surface area contributed by atoms with E-state index in [0.717, 1.165) is 0 Å². The van der Waals surface area contributed by atoms with Gasteiger partial charge >= 0.3 is 17.9 Å². The fourth-order valence-electron chi connectivity index (χ4n) is 2.20. The highest BCUT2D eigenvalue weighted by Gasteiger charge is 2.16. The van der Waals surface area contributed by atoms with Gasteiger partial charge in [-0.05, 0) is 24.6 Å². The maximum absolute atomic E-state index is 12.4. The molecule has 2 aromatic rings. The molecule has 0 radical (unpaired) electrons. The van der Waals surface area contributed by atoms with Gasteiger partial charge in [0.2, 0.25) is 0 Å². The standard InChI is InChI=1S/C20H20O7/c1-4-6-18(21)27-20(23)14-8-5-7-13(9-14)19(22)26-17-11-15(24-2)10-16(12-17)25-3/h5,7-12H,4,6H2,1-3H3. The summed E-state index contributed by atoms with van der Waals surface area (Å²) >= 11 is 0. The molecule has 0 N–H and O–H groups in total. The van der Waals surface area contributed by atoms with E-state index in [-0.39, 0.29) is 23.3 Å². The third-order valence-corrected chi connectivity index (χ3v) is 3.53. The van der Waals surface area contributed by atoms with Crippen LogP contribution in [0.15, 0.2) is 42.5 Å². The second kappa shape index (κ2) is 9.38. The van der Waals surface area contributed by atoms with Crippen LogP contribution in [0.25, 0.3) is 0 Å². The molecular formula is C20H20O7. The van der Waals surface area contributed by atoms with Crippen LogP contribution in [-0.2, 0) is 9.53 Å². The van der Waals surface area contributed by atoms with Crippen molar-refractivity contribution in [1.82, 2.24) is 0 Å². The highest BCUT2D eigenvalue weighted by Crippen LogP contribution is 2.28. The van der Waals surface area contributed by atoms with Crippen molar-refractivity contribution in [3.63, 3.8) is 0 Å². The third-order valence-electron chi connectivity index (χ3n) is 3.53. The minimum atomic E-state index is -0.814. The Labute approximate surface area is 156 Å². The van der Waals surface area contributed by atoms with Gasteiger partial charge in [0, 0.05) is 24.6 Å². The quantitative estimate of drug-likeness (QED) is 0.418.